The number of hydrogen-bond acceptors (Lipinski definition) is 3. The van der Waals surface area contributed by atoms with E-state index in [9.17, 15) is 13.2 Å². The van der Waals surface area contributed by atoms with E-state index in [0.717, 1.165) is 12.8 Å². The first-order chi connectivity index (χ1) is 8.93. The van der Waals surface area contributed by atoms with Crippen molar-refractivity contribution in [1.29, 1.82) is 0 Å². The molecule has 2 heterocycles. The number of sulfonamides is 1. The maximum atomic E-state index is 12.4. The van der Waals surface area contributed by atoms with Gasteiger partial charge in [-0.2, -0.15) is 0 Å². The third-order valence-electron chi connectivity index (χ3n) is 3.94. The minimum absolute atomic E-state index is 0.0984. The standard InChI is InChI=1S/C12H21ClN2O3S/c1-10(13)12(16)14-8-4-11(5-9-14)19(17,18)15-6-2-3-7-15/h10-11H,2-9H2,1H3. The van der Waals surface area contributed by atoms with Crippen molar-refractivity contribution in [3.8, 4) is 0 Å². The number of alkyl halides is 1. The van der Waals surface area contributed by atoms with Crippen LogP contribution in [0.15, 0.2) is 0 Å². The fourth-order valence-corrected chi connectivity index (χ4v) is 4.91. The highest BCUT2D eigenvalue weighted by molar-refractivity contribution is 7.89. The smallest absolute Gasteiger partial charge is 0.240 e. The van der Waals surface area contributed by atoms with Crippen LogP contribution in [0.25, 0.3) is 0 Å². The highest BCUT2D eigenvalue weighted by Crippen LogP contribution is 2.24. The third-order valence-corrected chi connectivity index (χ3v) is 6.53. The van der Waals surface area contributed by atoms with Crippen molar-refractivity contribution in [2.45, 2.75) is 43.2 Å². The molecule has 0 N–H and O–H groups in total. The van der Waals surface area contributed by atoms with Gasteiger partial charge in [0.1, 0.15) is 5.38 Å². The van der Waals surface area contributed by atoms with Gasteiger partial charge in [-0.15, -0.1) is 11.6 Å². The Labute approximate surface area is 119 Å². The van der Waals surface area contributed by atoms with Crippen LogP contribution in [0.4, 0.5) is 0 Å². The van der Waals surface area contributed by atoms with Gasteiger partial charge in [-0.25, -0.2) is 12.7 Å². The number of hydrogen-bond donors (Lipinski definition) is 0. The molecule has 2 aliphatic rings. The van der Waals surface area contributed by atoms with Crippen LogP contribution in [0, 0.1) is 0 Å². The van der Waals surface area contributed by atoms with Crippen molar-refractivity contribution < 1.29 is 13.2 Å². The number of carbonyl (C=O) groups excluding carboxylic acids is 1. The van der Waals surface area contributed by atoms with Gasteiger partial charge in [-0.3, -0.25) is 4.79 Å². The molecule has 1 atom stereocenters. The van der Waals surface area contributed by atoms with Crippen molar-refractivity contribution in [3.05, 3.63) is 0 Å². The van der Waals surface area contributed by atoms with Crippen LogP contribution < -0.4 is 0 Å². The molecule has 2 rings (SSSR count). The molecule has 0 aromatic rings. The molecule has 1 amide bonds. The molecular formula is C12H21ClN2O3S. The first-order valence-electron chi connectivity index (χ1n) is 6.84. The molecule has 19 heavy (non-hydrogen) atoms. The van der Waals surface area contributed by atoms with Gasteiger partial charge in [0, 0.05) is 26.2 Å². The number of amides is 1. The summed E-state index contributed by atoms with van der Waals surface area (Å²) in [6.45, 7) is 3.94. The Kier molecular flexibility index (Phi) is 4.74. The highest BCUT2D eigenvalue weighted by Gasteiger charge is 2.37. The number of halogens is 1. The Balaban J connectivity index is 1.94. The lowest BCUT2D eigenvalue weighted by atomic mass is 10.1. The minimum Gasteiger partial charge on any atom is -0.341 e. The number of carbonyl (C=O) groups is 1. The van der Waals surface area contributed by atoms with Gasteiger partial charge in [0.15, 0.2) is 0 Å². The quantitative estimate of drug-likeness (QED) is 0.732. The van der Waals surface area contributed by atoms with Crippen molar-refractivity contribution in [1.82, 2.24) is 9.21 Å². The number of likely N-dealkylation sites (tertiary alicyclic amines) is 1. The highest BCUT2D eigenvalue weighted by atomic mass is 35.5. The van der Waals surface area contributed by atoms with Crippen molar-refractivity contribution >= 4 is 27.5 Å². The lowest BCUT2D eigenvalue weighted by Crippen LogP contribution is -2.47. The molecule has 5 nitrogen and oxygen atoms in total. The summed E-state index contributed by atoms with van der Waals surface area (Å²) in [7, 11) is -3.17. The molecule has 1 unspecified atom stereocenters. The molecule has 2 saturated heterocycles. The zero-order chi connectivity index (χ0) is 14.0. The molecule has 2 fully saturated rings. The summed E-state index contributed by atoms with van der Waals surface area (Å²) < 4.78 is 26.4. The first kappa shape index (κ1) is 15.1. The van der Waals surface area contributed by atoms with E-state index in [-0.39, 0.29) is 11.2 Å². The molecule has 110 valence electrons. The van der Waals surface area contributed by atoms with Gasteiger partial charge in [0.2, 0.25) is 15.9 Å². The molecule has 0 saturated carbocycles. The second-order valence-corrected chi connectivity index (χ2v) is 8.16. The minimum atomic E-state index is -3.17. The molecule has 0 aromatic heterocycles. The van der Waals surface area contributed by atoms with Crippen LogP contribution in [0.1, 0.15) is 32.6 Å². The molecular weight excluding hydrogens is 288 g/mol. The Morgan fingerprint density at radius 2 is 1.68 bits per heavy atom. The van der Waals surface area contributed by atoms with E-state index < -0.39 is 15.4 Å². The molecule has 7 heteroatoms. The molecule has 0 radical (unpaired) electrons. The monoisotopic (exact) mass is 308 g/mol. The Hall–Kier alpha value is -0.330. The van der Waals surface area contributed by atoms with E-state index >= 15 is 0 Å². The van der Waals surface area contributed by atoms with Crippen LogP contribution in [0.2, 0.25) is 0 Å². The molecule has 0 spiro atoms. The fraction of sp³-hybridized carbons (Fsp3) is 0.917. The predicted octanol–water partition coefficient (Wildman–Crippen LogP) is 1.03. The van der Waals surface area contributed by atoms with E-state index in [1.807, 2.05) is 0 Å². The van der Waals surface area contributed by atoms with Crippen LogP contribution in [-0.2, 0) is 14.8 Å². The van der Waals surface area contributed by atoms with Crippen LogP contribution >= 0.6 is 11.6 Å². The normalized spacial score (nSPS) is 24.6. The molecule has 0 aliphatic carbocycles. The van der Waals surface area contributed by atoms with Gasteiger partial charge in [0.05, 0.1) is 5.25 Å². The summed E-state index contributed by atoms with van der Waals surface area (Å²) in [5.41, 5.74) is 0. The van der Waals surface area contributed by atoms with E-state index in [1.54, 1.807) is 16.1 Å². The zero-order valence-corrected chi connectivity index (χ0v) is 12.8. The average Bonchev–Trinajstić information content (AvgIpc) is 2.92. The Morgan fingerprint density at radius 3 is 2.16 bits per heavy atom. The molecule has 0 bridgehead atoms. The maximum Gasteiger partial charge on any atom is 0.240 e. The summed E-state index contributed by atoms with van der Waals surface area (Å²) in [6, 6.07) is 0. The maximum absolute atomic E-state index is 12.4. The van der Waals surface area contributed by atoms with Crippen LogP contribution in [0.3, 0.4) is 0 Å². The van der Waals surface area contributed by atoms with E-state index in [0.29, 0.717) is 39.0 Å². The average molecular weight is 309 g/mol. The SMILES string of the molecule is CC(Cl)C(=O)N1CCC(S(=O)(=O)N2CCCC2)CC1. The summed E-state index contributed by atoms with van der Waals surface area (Å²) in [4.78, 5) is 13.4. The third kappa shape index (κ3) is 3.23. The van der Waals surface area contributed by atoms with Gasteiger partial charge in [-0.05, 0) is 32.6 Å². The summed E-state index contributed by atoms with van der Waals surface area (Å²) >= 11 is 5.77. The van der Waals surface area contributed by atoms with Gasteiger partial charge in [-0.1, -0.05) is 0 Å². The van der Waals surface area contributed by atoms with Crippen LogP contribution in [-0.4, -0.2) is 60.3 Å². The molecule has 2 aliphatic heterocycles. The van der Waals surface area contributed by atoms with Gasteiger partial charge in [0.25, 0.3) is 0 Å². The largest absolute Gasteiger partial charge is 0.341 e. The second-order valence-electron chi connectivity index (χ2n) is 5.29. The lowest BCUT2D eigenvalue weighted by Gasteiger charge is -2.34. The zero-order valence-electron chi connectivity index (χ0n) is 11.2. The summed E-state index contributed by atoms with van der Waals surface area (Å²) in [5.74, 6) is -0.0984. The number of nitrogens with zero attached hydrogens (tertiary/aromatic N) is 2. The Bertz CT molecular complexity index is 424. The second kappa shape index (κ2) is 5.97. The Morgan fingerprint density at radius 1 is 1.16 bits per heavy atom. The summed E-state index contributed by atoms with van der Waals surface area (Å²) in [6.07, 6.45) is 2.96. The fourth-order valence-electron chi connectivity index (χ4n) is 2.78. The van der Waals surface area contributed by atoms with Crippen molar-refractivity contribution in [2.75, 3.05) is 26.2 Å². The lowest BCUT2D eigenvalue weighted by molar-refractivity contribution is -0.131. The van der Waals surface area contributed by atoms with E-state index in [4.69, 9.17) is 11.6 Å². The van der Waals surface area contributed by atoms with Crippen molar-refractivity contribution in [3.63, 3.8) is 0 Å². The van der Waals surface area contributed by atoms with Gasteiger partial charge >= 0.3 is 0 Å². The van der Waals surface area contributed by atoms with Crippen molar-refractivity contribution in [2.24, 2.45) is 0 Å². The number of piperidine rings is 1. The predicted molar refractivity (Wildman–Crippen MR) is 74.6 cm³/mol. The van der Waals surface area contributed by atoms with Gasteiger partial charge < -0.3 is 4.90 Å². The van der Waals surface area contributed by atoms with E-state index in [2.05, 4.69) is 0 Å². The van der Waals surface area contributed by atoms with E-state index in [1.165, 1.54) is 0 Å². The summed E-state index contributed by atoms with van der Waals surface area (Å²) in [5, 5.41) is -0.868. The number of rotatable bonds is 3. The first-order valence-corrected chi connectivity index (χ1v) is 8.78. The topological polar surface area (TPSA) is 57.7 Å². The van der Waals surface area contributed by atoms with Crippen LogP contribution in [0.5, 0.6) is 0 Å². The molecule has 0 aromatic carbocycles.